The average Bonchev–Trinajstić information content (AvgIpc) is 2.46. The molecule has 0 spiro atoms. The third kappa shape index (κ3) is 2.30. The maximum atomic E-state index is 13.6. The fourth-order valence-corrected chi connectivity index (χ4v) is 2.17. The molecule has 0 aliphatic heterocycles. The molecule has 2 aromatic carbocycles. The highest BCUT2D eigenvalue weighted by Crippen LogP contribution is 2.28. The lowest BCUT2D eigenvalue weighted by Crippen LogP contribution is -1.98. The largest absolute Gasteiger partial charge is 0.338 e. The van der Waals surface area contributed by atoms with Crippen LogP contribution >= 0.6 is 11.6 Å². The summed E-state index contributed by atoms with van der Waals surface area (Å²) in [4.78, 5) is 0. The number of anilines is 2. The molecule has 0 unspecified atom stereocenters. The zero-order chi connectivity index (χ0) is 14.1. The molecule has 20 heavy (non-hydrogen) atoms. The highest BCUT2D eigenvalue weighted by Gasteiger charge is 2.08. The number of aryl methyl sites for hydroxylation is 1. The number of nitrogens with zero attached hydrogens (tertiary/aromatic N) is 2. The molecule has 0 saturated heterocycles. The van der Waals surface area contributed by atoms with Crippen molar-refractivity contribution in [2.45, 2.75) is 6.92 Å². The van der Waals surface area contributed by atoms with Crippen LogP contribution in [0.1, 0.15) is 5.56 Å². The van der Waals surface area contributed by atoms with Gasteiger partial charge in [-0.25, -0.2) is 4.39 Å². The SMILES string of the molecule is Cc1ccc(Nc2nnc(Cl)c3ccccc23)cc1F. The van der Waals surface area contributed by atoms with Gasteiger partial charge in [-0.2, -0.15) is 0 Å². The third-order valence-electron chi connectivity index (χ3n) is 3.08. The smallest absolute Gasteiger partial charge is 0.161 e. The van der Waals surface area contributed by atoms with Crippen LogP contribution in [0.2, 0.25) is 5.15 Å². The summed E-state index contributed by atoms with van der Waals surface area (Å²) in [7, 11) is 0. The van der Waals surface area contributed by atoms with Gasteiger partial charge in [-0.1, -0.05) is 41.9 Å². The van der Waals surface area contributed by atoms with Crippen LogP contribution < -0.4 is 5.32 Å². The second-order valence-corrected chi connectivity index (χ2v) is 4.83. The number of hydrogen-bond donors (Lipinski definition) is 1. The summed E-state index contributed by atoms with van der Waals surface area (Å²) in [5.74, 6) is 0.287. The van der Waals surface area contributed by atoms with E-state index in [0.717, 1.165) is 10.8 Å². The van der Waals surface area contributed by atoms with E-state index in [9.17, 15) is 4.39 Å². The van der Waals surface area contributed by atoms with Crippen molar-refractivity contribution in [2.75, 3.05) is 5.32 Å². The van der Waals surface area contributed by atoms with E-state index >= 15 is 0 Å². The highest BCUT2D eigenvalue weighted by atomic mass is 35.5. The summed E-state index contributed by atoms with van der Waals surface area (Å²) in [5, 5.41) is 13.0. The molecule has 0 saturated carbocycles. The molecule has 0 amide bonds. The van der Waals surface area contributed by atoms with Gasteiger partial charge in [0.1, 0.15) is 5.82 Å². The predicted octanol–water partition coefficient (Wildman–Crippen LogP) is 4.47. The molecule has 0 bridgehead atoms. The minimum absolute atomic E-state index is 0.263. The fourth-order valence-electron chi connectivity index (χ4n) is 1.97. The van der Waals surface area contributed by atoms with Crippen LogP contribution in [-0.2, 0) is 0 Å². The minimum atomic E-state index is -0.263. The van der Waals surface area contributed by atoms with Gasteiger partial charge in [0.25, 0.3) is 0 Å². The zero-order valence-corrected chi connectivity index (χ0v) is 11.4. The number of halogens is 2. The average molecular weight is 288 g/mol. The van der Waals surface area contributed by atoms with Crippen molar-refractivity contribution in [3.8, 4) is 0 Å². The Labute approximate surface area is 120 Å². The van der Waals surface area contributed by atoms with Gasteiger partial charge in [-0.3, -0.25) is 0 Å². The molecule has 3 aromatic rings. The Hall–Kier alpha value is -2.20. The molecular weight excluding hydrogens is 277 g/mol. The molecule has 0 atom stereocenters. The van der Waals surface area contributed by atoms with Crippen molar-refractivity contribution in [3.05, 3.63) is 59.0 Å². The van der Waals surface area contributed by atoms with Crippen LogP contribution in [0.3, 0.4) is 0 Å². The van der Waals surface area contributed by atoms with Crippen molar-refractivity contribution < 1.29 is 4.39 Å². The van der Waals surface area contributed by atoms with E-state index in [-0.39, 0.29) is 5.82 Å². The first-order valence-electron chi connectivity index (χ1n) is 6.09. The lowest BCUT2D eigenvalue weighted by molar-refractivity contribution is 0.619. The number of benzene rings is 2. The summed E-state index contributed by atoms with van der Waals surface area (Å²) in [6.45, 7) is 1.72. The topological polar surface area (TPSA) is 37.8 Å². The molecule has 0 fully saturated rings. The molecule has 1 aromatic heterocycles. The summed E-state index contributed by atoms with van der Waals surface area (Å²) >= 11 is 6.02. The molecule has 0 radical (unpaired) electrons. The van der Waals surface area contributed by atoms with Crippen molar-refractivity contribution in [3.63, 3.8) is 0 Å². The van der Waals surface area contributed by atoms with Gasteiger partial charge in [-0.05, 0) is 24.6 Å². The predicted molar refractivity (Wildman–Crippen MR) is 79.0 cm³/mol. The van der Waals surface area contributed by atoms with Crippen LogP contribution in [0.25, 0.3) is 10.8 Å². The van der Waals surface area contributed by atoms with E-state index in [4.69, 9.17) is 11.6 Å². The summed E-state index contributed by atoms with van der Waals surface area (Å²) in [6.07, 6.45) is 0. The number of hydrogen-bond acceptors (Lipinski definition) is 3. The van der Waals surface area contributed by atoms with Crippen LogP contribution in [0.4, 0.5) is 15.9 Å². The molecular formula is C15H11ClFN3. The van der Waals surface area contributed by atoms with Gasteiger partial charge in [0, 0.05) is 16.5 Å². The van der Waals surface area contributed by atoms with Crippen molar-refractivity contribution in [1.82, 2.24) is 10.2 Å². The Balaban J connectivity index is 2.06. The van der Waals surface area contributed by atoms with E-state index in [2.05, 4.69) is 15.5 Å². The third-order valence-corrected chi connectivity index (χ3v) is 3.36. The lowest BCUT2D eigenvalue weighted by Gasteiger charge is -2.09. The lowest BCUT2D eigenvalue weighted by atomic mass is 10.2. The monoisotopic (exact) mass is 287 g/mol. The Kier molecular flexibility index (Phi) is 3.24. The molecule has 5 heteroatoms. The normalized spacial score (nSPS) is 10.8. The first kappa shape index (κ1) is 12.8. The number of fused-ring (bicyclic) bond motifs is 1. The fraction of sp³-hybridized carbons (Fsp3) is 0.0667. The Bertz CT molecular complexity index is 789. The standard InChI is InChI=1S/C15H11ClFN3/c1-9-6-7-10(8-13(9)17)18-15-12-5-3-2-4-11(12)14(16)19-20-15/h2-8H,1H3,(H,18,20). The van der Waals surface area contributed by atoms with Crippen LogP contribution in [0.5, 0.6) is 0 Å². The molecule has 3 nitrogen and oxygen atoms in total. The second-order valence-electron chi connectivity index (χ2n) is 4.47. The van der Waals surface area contributed by atoms with Gasteiger partial charge in [0.05, 0.1) is 0 Å². The van der Waals surface area contributed by atoms with Gasteiger partial charge < -0.3 is 5.32 Å². The number of nitrogens with one attached hydrogen (secondary N) is 1. The van der Waals surface area contributed by atoms with E-state index < -0.39 is 0 Å². The summed E-state index contributed by atoms with van der Waals surface area (Å²) in [6, 6.07) is 12.5. The maximum Gasteiger partial charge on any atom is 0.161 e. The zero-order valence-electron chi connectivity index (χ0n) is 10.7. The van der Waals surface area contributed by atoms with E-state index in [1.165, 1.54) is 6.07 Å². The Morgan fingerprint density at radius 1 is 1.05 bits per heavy atom. The minimum Gasteiger partial charge on any atom is -0.338 e. The maximum absolute atomic E-state index is 13.6. The van der Waals surface area contributed by atoms with Crippen molar-refractivity contribution in [2.24, 2.45) is 0 Å². The molecule has 0 aliphatic carbocycles. The summed E-state index contributed by atoms with van der Waals surface area (Å²) < 4.78 is 13.6. The van der Waals surface area contributed by atoms with E-state index in [0.29, 0.717) is 22.2 Å². The van der Waals surface area contributed by atoms with Gasteiger partial charge in [0.2, 0.25) is 0 Å². The van der Waals surface area contributed by atoms with Crippen LogP contribution in [-0.4, -0.2) is 10.2 Å². The van der Waals surface area contributed by atoms with Crippen LogP contribution in [0.15, 0.2) is 42.5 Å². The van der Waals surface area contributed by atoms with E-state index in [1.54, 1.807) is 19.1 Å². The van der Waals surface area contributed by atoms with E-state index in [1.807, 2.05) is 24.3 Å². The highest BCUT2D eigenvalue weighted by molar-refractivity contribution is 6.34. The molecule has 1 N–H and O–H groups in total. The molecule has 3 rings (SSSR count). The number of rotatable bonds is 2. The van der Waals surface area contributed by atoms with Gasteiger partial charge in [0.15, 0.2) is 11.0 Å². The first-order chi connectivity index (χ1) is 9.65. The molecule has 0 aliphatic rings. The van der Waals surface area contributed by atoms with Crippen molar-refractivity contribution >= 4 is 33.9 Å². The Morgan fingerprint density at radius 3 is 2.55 bits per heavy atom. The second kappa shape index (κ2) is 5.06. The van der Waals surface area contributed by atoms with Crippen LogP contribution in [0, 0.1) is 12.7 Å². The molecule has 100 valence electrons. The van der Waals surface area contributed by atoms with Gasteiger partial charge >= 0.3 is 0 Å². The quantitative estimate of drug-likeness (QED) is 0.755. The first-order valence-corrected chi connectivity index (χ1v) is 6.47. The van der Waals surface area contributed by atoms with Gasteiger partial charge in [-0.15, -0.1) is 10.2 Å². The molecule has 1 heterocycles. The van der Waals surface area contributed by atoms with Crippen molar-refractivity contribution in [1.29, 1.82) is 0 Å². The summed E-state index contributed by atoms with van der Waals surface area (Å²) in [5.41, 5.74) is 1.22. The number of aromatic nitrogens is 2. The Morgan fingerprint density at radius 2 is 1.80 bits per heavy atom.